The quantitative estimate of drug-likeness (QED) is 0.770. The molecular weight excluding hydrogens is 212 g/mol. The molecule has 1 aliphatic heterocycles. The summed E-state index contributed by atoms with van der Waals surface area (Å²) in [6.07, 6.45) is 6.12. The van der Waals surface area contributed by atoms with Gasteiger partial charge in [0.1, 0.15) is 11.8 Å². The highest BCUT2D eigenvalue weighted by molar-refractivity contribution is 5.45. The summed E-state index contributed by atoms with van der Waals surface area (Å²) in [7, 11) is 0. The summed E-state index contributed by atoms with van der Waals surface area (Å²) < 4.78 is 0. The summed E-state index contributed by atoms with van der Waals surface area (Å²) in [6, 6.07) is 5.70. The fourth-order valence-corrected chi connectivity index (χ4v) is 1.87. The molecule has 4 heteroatoms. The lowest BCUT2D eigenvalue weighted by Crippen LogP contribution is -2.21. The molecule has 17 heavy (non-hydrogen) atoms. The van der Waals surface area contributed by atoms with Gasteiger partial charge in [0.05, 0.1) is 0 Å². The number of pyridine rings is 1. The number of nitrogens with one attached hydrogen (secondary N) is 2. The van der Waals surface area contributed by atoms with Crippen LogP contribution in [0, 0.1) is 11.3 Å². The van der Waals surface area contributed by atoms with Gasteiger partial charge in [-0.25, -0.2) is 4.98 Å². The van der Waals surface area contributed by atoms with Gasteiger partial charge in [0.15, 0.2) is 0 Å². The Kier molecular flexibility index (Phi) is 4.11. The number of nitrogens with zero attached hydrogens (tertiary/aromatic N) is 2. The Morgan fingerprint density at radius 3 is 3.24 bits per heavy atom. The predicted molar refractivity (Wildman–Crippen MR) is 67.6 cm³/mol. The van der Waals surface area contributed by atoms with E-state index in [1.165, 1.54) is 5.57 Å². The van der Waals surface area contributed by atoms with E-state index < -0.39 is 0 Å². The Hall–Kier alpha value is -1.86. The van der Waals surface area contributed by atoms with Crippen LogP contribution in [-0.4, -0.2) is 24.6 Å². The zero-order valence-corrected chi connectivity index (χ0v) is 9.74. The van der Waals surface area contributed by atoms with Crippen LogP contribution in [0.15, 0.2) is 30.0 Å². The minimum Gasteiger partial charge on any atom is -0.385 e. The second-order valence-corrected chi connectivity index (χ2v) is 4.03. The van der Waals surface area contributed by atoms with E-state index in [-0.39, 0.29) is 0 Å². The zero-order valence-electron chi connectivity index (χ0n) is 9.74. The van der Waals surface area contributed by atoms with E-state index in [0.717, 1.165) is 38.2 Å². The fraction of sp³-hybridized carbons (Fsp3) is 0.385. The van der Waals surface area contributed by atoms with Crippen LogP contribution in [0.3, 0.4) is 0 Å². The van der Waals surface area contributed by atoms with Crippen molar-refractivity contribution in [3.8, 4) is 6.07 Å². The number of hydrogen-bond donors (Lipinski definition) is 2. The third kappa shape index (κ3) is 3.58. The third-order valence-corrected chi connectivity index (χ3v) is 2.81. The maximum atomic E-state index is 8.73. The SMILES string of the molecule is N#Cc1cc(NCCC2=CCNCC2)ccn1. The number of rotatable bonds is 4. The number of anilines is 1. The van der Waals surface area contributed by atoms with Gasteiger partial charge in [0.25, 0.3) is 0 Å². The van der Waals surface area contributed by atoms with Crippen molar-refractivity contribution in [1.82, 2.24) is 10.3 Å². The second-order valence-electron chi connectivity index (χ2n) is 4.03. The van der Waals surface area contributed by atoms with Gasteiger partial charge in [-0.2, -0.15) is 5.26 Å². The monoisotopic (exact) mass is 228 g/mol. The molecule has 0 amide bonds. The van der Waals surface area contributed by atoms with Crippen LogP contribution < -0.4 is 10.6 Å². The van der Waals surface area contributed by atoms with Crippen molar-refractivity contribution >= 4 is 5.69 Å². The first-order valence-electron chi connectivity index (χ1n) is 5.87. The van der Waals surface area contributed by atoms with Crippen molar-refractivity contribution in [2.24, 2.45) is 0 Å². The van der Waals surface area contributed by atoms with Gasteiger partial charge < -0.3 is 10.6 Å². The fourth-order valence-electron chi connectivity index (χ4n) is 1.87. The summed E-state index contributed by atoms with van der Waals surface area (Å²) in [5.41, 5.74) is 2.92. The predicted octanol–water partition coefficient (Wildman–Crippen LogP) is 1.67. The summed E-state index contributed by atoms with van der Waals surface area (Å²) in [5, 5.41) is 15.3. The van der Waals surface area contributed by atoms with Crippen molar-refractivity contribution in [3.63, 3.8) is 0 Å². The van der Waals surface area contributed by atoms with E-state index in [2.05, 4.69) is 21.7 Å². The summed E-state index contributed by atoms with van der Waals surface area (Å²) >= 11 is 0. The molecule has 0 unspecified atom stereocenters. The Morgan fingerprint density at radius 2 is 2.47 bits per heavy atom. The molecule has 0 aliphatic carbocycles. The first-order valence-corrected chi connectivity index (χ1v) is 5.87. The highest BCUT2D eigenvalue weighted by atomic mass is 14.9. The Labute approximate surface area is 101 Å². The molecule has 0 spiro atoms. The van der Waals surface area contributed by atoms with E-state index in [0.29, 0.717) is 5.69 Å². The molecule has 0 atom stereocenters. The van der Waals surface area contributed by atoms with Crippen LogP contribution in [0.25, 0.3) is 0 Å². The Balaban J connectivity index is 1.81. The minimum absolute atomic E-state index is 0.455. The molecule has 1 aromatic heterocycles. The highest BCUT2D eigenvalue weighted by Gasteiger charge is 2.02. The molecular formula is C13H16N4. The molecule has 88 valence electrons. The molecule has 0 fully saturated rings. The molecule has 0 radical (unpaired) electrons. The van der Waals surface area contributed by atoms with Crippen LogP contribution in [0.5, 0.6) is 0 Å². The molecule has 1 aliphatic rings. The van der Waals surface area contributed by atoms with Crippen LogP contribution in [-0.2, 0) is 0 Å². The molecule has 0 saturated heterocycles. The van der Waals surface area contributed by atoms with Crippen LogP contribution >= 0.6 is 0 Å². The van der Waals surface area contributed by atoms with Gasteiger partial charge in [-0.15, -0.1) is 0 Å². The standard InChI is InChI=1S/C13H16N4/c14-10-13-9-12(4-8-17-13)16-7-3-11-1-5-15-6-2-11/h1,4,8-9,15H,2-3,5-7H2,(H,16,17). The summed E-state index contributed by atoms with van der Waals surface area (Å²) in [5.74, 6) is 0. The van der Waals surface area contributed by atoms with Crippen molar-refractivity contribution in [1.29, 1.82) is 5.26 Å². The minimum atomic E-state index is 0.455. The number of hydrogen-bond acceptors (Lipinski definition) is 4. The first kappa shape index (κ1) is 11.6. The van der Waals surface area contributed by atoms with Gasteiger partial charge in [0.2, 0.25) is 0 Å². The van der Waals surface area contributed by atoms with Crippen molar-refractivity contribution < 1.29 is 0 Å². The van der Waals surface area contributed by atoms with Crippen LogP contribution in [0.1, 0.15) is 18.5 Å². The van der Waals surface area contributed by atoms with Gasteiger partial charge in [-0.3, -0.25) is 0 Å². The second kappa shape index (κ2) is 6.02. The number of nitriles is 1. The average molecular weight is 228 g/mol. The van der Waals surface area contributed by atoms with Crippen LogP contribution in [0.2, 0.25) is 0 Å². The summed E-state index contributed by atoms with van der Waals surface area (Å²) in [4.78, 5) is 3.94. The first-order chi connectivity index (χ1) is 8.38. The van der Waals surface area contributed by atoms with E-state index >= 15 is 0 Å². The molecule has 0 saturated carbocycles. The average Bonchev–Trinajstić information content (AvgIpc) is 2.40. The maximum Gasteiger partial charge on any atom is 0.142 e. The number of aromatic nitrogens is 1. The smallest absolute Gasteiger partial charge is 0.142 e. The molecule has 0 bridgehead atoms. The lowest BCUT2D eigenvalue weighted by molar-refractivity contribution is 0.683. The lowest BCUT2D eigenvalue weighted by atomic mass is 10.1. The van der Waals surface area contributed by atoms with Crippen molar-refractivity contribution in [2.75, 3.05) is 25.0 Å². The topological polar surface area (TPSA) is 60.7 Å². The van der Waals surface area contributed by atoms with E-state index in [1.807, 2.05) is 12.1 Å². The van der Waals surface area contributed by atoms with Crippen molar-refractivity contribution in [2.45, 2.75) is 12.8 Å². The van der Waals surface area contributed by atoms with E-state index in [1.54, 1.807) is 12.3 Å². The van der Waals surface area contributed by atoms with Crippen LogP contribution in [0.4, 0.5) is 5.69 Å². The highest BCUT2D eigenvalue weighted by Crippen LogP contribution is 2.11. The normalized spacial score (nSPS) is 14.9. The summed E-state index contributed by atoms with van der Waals surface area (Å²) in [6.45, 7) is 2.98. The molecule has 2 rings (SSSR count). The molecule has 0 aromatic carbocycles. The Bertz CT molecular complexity index is 445. The zero-order chi connectivity index (χ0) is 11.9. The van der Waals surface area contributed by atoms with Crippen molar-refractivity contribution in [3.05, 3.63) is 35.7 Å². The molecule has 1 aromatic rings. The molecule has 2 heterocycles. The van der Waals surface area contributed by atoms with Gasteiger partial charge in [-0.1, -0.05) is 11.6 Å². The van der Waals surface area contributed by atoms with Gasteiger partial charge in [-0.05, 0) is 31.5 Å². The van der Waals surface area contributed by atoms with Gasteiger partial charge in [0, 0.05) is 25.0 Å². The lowest BCUT2D eigenvalue weighted by Gasteiger charge is -2.14. The van der Waals surface area contributed by atoms with E-state index in [9.17, 15) is 0 Å². The molecule has 4 nitrogen and oxygen atoms in total. The maximum absolute atomic E-state index is 8.73. The third-order valence-electron chi connectivity index (χ3n) is 2.81. The largest absolute Gasteiger partial charge is 0.385 e. The van der Waals surface area contributed by atoms with E-state index in [4.69, 9.17) is 5.26 Å². The molecule has 2 N–H and O–H groups in total. The Morgan fingerprint density at radius 1 is 1.53 bits per heavy atom. The van der Waals surface area contributed by atoms with Gasteiger partial charge >= 0.3 is 0 Å².